The molecule has 0 saturated heterocycles. The van der Waals surface area contributed by atoms with Crippen LogP contribution in [0, 0.1) is 0 Å². The van der Waals surface area contributed by atoms with Crippen LogP contribution >= 0.6 is 12.4 Å². The number of para-hydroxylation sites is 1. The highest BCUT2D eigenvalue weighted by Crippen LogP contribution is 2.29. The Bertz CT molecular complexity index is 448. The molecule has 0 amide bonds. The Hall–Kier alpha value is -0.990. The van der Waals surface area contributed by atoms with E-state index >= 15 is 0 Å². The molecule has 0 aliphatic rings. The van der Waals surface area contributed by atoms with Gasteiger partial charge in [0.15, 0.2) is 0 Å². The summed E-state index contributed by atoms with van der Waals surface area (Å²) in [5.74, 6) is 0.925. The second kappa shape index (κ2) is 4.69. The topological polar surface area (TPSA) is 39.2 Å². The van der Waals surface area contributed by atoms with E-state index in [0.717, 1.165) is 17.8 Å². The summed E-state index contributed by atoms with van der Waals surface area (Å²) in [5.41, 5.74) is 8.05. The molecule has 0 radical (unpaired) electrons. The average Bonchev–Trinajstić information content (AvgIpc) is 2.56. The summed E-state index contributed by atoms with van der Waals surface area (Å²) in [5, 5.41) is 1.20. The van der Waals surface area contributed by atoms with Gasteiger partial charge >= 0.3 is 0 Å². The molecule has 2 rings (SSSR count). The number of rotatable bonds is 2. The lowest BCUT2D eigenvalue weighted by atomic mass is 10.1. The van der Waals surface area contributed by atoms with Crippen LogP contribution in [0.1, 0.15) is 31.2 Å². The molecule has 0 bridgehead atoms. The molecule has 1 unspecified atom stereocenters. The highest BCUT2D eigenvalue weighted by Gasteiger charge is 2.14. The average molecular weight is 226 g/mol. The van der Waals surface area contributed by atoms with Crippen LogP contribution in [0.3, 0.4) is 0 Å². The zero-order chi connectivity index (χ0) is 10.1. The van der Waals surface area contributed by atoms with Crippen LogP contribution in [-0.4, -0.2) is 0 Å². The van der Waals surface area contributed by atoms with Crippen molar-refractivity contribution in [1.82, 2.24) is 0 Å². The largest absolute Gasteiger partial charge is 0.459 e. The van der Waals surface area contributed by atoms with Crippen molar-refractivity contribution in [3.63, 3.8) is 0 Å². The molecule has 82 valence electrons. The van der Waals surface area contributed by atoms with Gasteiger partial charge in [0, 0.05) is 10.9 Å². The lowest BCUT2D eigenvalue weighted by Crippen LogP contribution is -2.05. The molecule has 1 heterocycles. The fourth-order valence-corrected chi connectivity index (χ4v) is 1.85. The number of hydrogen-bond donors (Lipinski definition) is 1. The van der Waals surface area contributed by atoms with Crippen LogP contribution < -0.4 is 5.73 Å². The molecule has 0 fully saturated rings. The highest BCUT2D eigenvalue weighted by atomic mass is 35.5. The van der Waals surface area contributed by atoms with Gasteiger partial charge in [0.25, 0.3) is 0 Å². The molecule has 1 aromatic carbocycles. The molecule has 15 heavy (non-hydrogen) atoms. The Morgan fingerprint density at radius 3 is 2.60 bits per heavy atom. The fraction of sp³-hybridized carbons (Fsp3) is 0.333. The number of furan rings is 1. The summed E-state index contributed by atoms with van der Waals surface area (Å²) in [4.78, 5) is 0. The standard InChI is InChI=1S/C12H15NO.ClH/c1-3-9-10-6-4-5-7-11(10)14-12(9)8(2)13;/h4-8H,3,13H2,1-2H3;1H. The van der Waals surface area contributed by atoms with E-state index in [9.17, 15) is 0 Å². The normalized spacial score (nSPS) is 12.5. The first-order chi connectivity index (χ1) is 6.74. The second-order valence-electron chi connectivity index (χ2n) is 3.58. The van der Waals surface area contributed by atoms with Gasteiger partial charge in [-0.1, -0.05) is 25.1 Å². The summed E-state index contributed by atoms with van der Waals surface area (Å²) in [7, 11) is 0. The Morgan fingerprint density at radius 2 is 2.00 bits per heavy atom. The van der Waals surface area contributed by atoms with Gasteiger partial charge in [0.2, 0.25) is 0 Å². The monoisotopic (exact) mass is 225 g/mol. The Balaban J connectivity index is 0.00000112. The van der Waals surface area contributed by atoms with E-state index in [0.29, 0.717) is 0 Å². The SMILES string of the molecule is CCc1c(C(C)N)oc2ccccc12.Cl. The van der Waals surface area contributed by atoms with Crippen molar-refractivity contribution >= 4 is 23.4 Å². The Morgan fingerprint density at radius 1 is 1.33 bits per heavy atom. The quantitative estimate of drug-likeness (QED) is 0.851. The molecule has 2 nitrogen and oxygen atoms in total. The van der Waals surface area contributed by atoms with Crippen LogP contribution in [0.25, 0.3) is 11.0 Å². The van der Waals surface area contributed by atoms with Crippen molar-refractivity contribution in [1.29, 1.82) is 0 Å². The van der Waals surface area contributed by atoms with Crippen LogP contribution in [0.4, 0.5) is 0 Å². The third-order valence-electron chi connectivity index (χ3n) is 2.50. The van der Waals surface area contributed by atoms with Gasteiger partial charge in [0.05, 0.1) is 6.04 Å². The number of benzene rings is 1. The first-order valence-corrected chi connectivity index (χ1v) is 5.00. The first kappa shape index (κ1) is 12.1. The van der Waals surface area contributed by atoms with Crippen molar-refractivity contribution < 1.29 is 4.42 Å². The summed E-state index contributed by atoms with van der Waals surface area (Å²) < 4.78 is 5.73. The lowest BCUT2D eigenvalue weighted by molar-refractivity contribution is 0.507. The summed E-state index contributed by atoms with van der Waals surface area (Å²) in [6.07, 6.45) is 0.966. The number of fused-ring (bicyclic) bond motifs is 1. The van der Waals surface area contributed by atoms with E-state index in [2.05, 4.69) is 13.0 Å². The molecule has 0 spiro atoms. The molecule has 2 aromatic rings. The van der Waals surface area contributed by atoms with Gasteiger partial charge in [-0.25, -0.2) is 0 Å². The summed E-state index contributed by atoms with van der Waals surface area (Å²) in [6.45, 7) is 4.08. The van der Waals surface area contributed by atoms with Crippen LogP contribution in [0.2, 0.25) is 0 Å². The molecule has 0 aliphatic heterocycles. The van der Waals surface area contributed by atoms with Gasteiger partial charge in [-0.2, -0.15) is 0 Å². The molecule has 0 saturated carbocycles. The van der Waals surface area contributed by atoms with Gasteiger partial charge in [0.1, 0.15) is 11.3 Å². The summed E-state index contributed by atoms with van der Waals surface area (Å²) >= 11 is 0. The van der Waals surface area contributed by atoms with E-state index in [-0.39, 0.29) is 18.4 Å². The van der Waals surface area contributed by atoms with E-state index in [1.165, 1.54) is 10.9 Å². The van der Waals surface area contributed by atoms with Crippen molar-refractivity contribution in [3.8, 4) is 0 Å². The first-order valence-electron chi connectivity index (χ1n) is 5.00. The van der Waals surface area contributed by atoms with Crippen molar-refractivity contribution in [3.05, 3.63) is 35.6 Å². The zero-order valence-corrected chi connectivity index (χ0v) is 9.80. The van der Waals surface area contributed by atoms with E-state index < -0.39 is 0 Å². The fourth-order valence-electron chi connectivity index (χ4n) is 1.85. The minimum Gasteiger partial charge on any atom is -0.459 e. The zero-order valence-electron chi connectivity index (χ0n) is 8.99. The molecule has 1 aromatic heterocycles. The molecular weight excluding hydrogens is 210 g/mol. The Kier molecular flexibility index (Phi) is 3.77. The van der Waals surface area contributed by atoms with Crippen LogP contribution in [-0.2, 0) is 6.42 Å². The van der Waals surface area contributed by atoms with Crippen LogP contribution in [0.5, 0.6) is 0 Å². The second-order valence-corrected chi connectivity index (χ2v) is 3.58. The van der Waals surface area contributed by atoms with Crippen LogP contribution in [0.15, 0.2) is 28.7 Å². The molecule has 3 heteroatoms. The molecular formula is C12H16ClNO. The van der Waals surface area contributed by atoms with E-state index in [1.807, 2.05) is 25.1 Å². The summed E-state index contributed by atoms with van der Waals surface area (Å²) in [6, 6.07) is 8.06. The number of halogens is 1. The number of nitrogens with two attached hydrogens (primary N) is 1. The van der Waals surface area contributed by atoms with Crippen molar-refractivity contribution in [2.24, 2.45) is 5.73 Å². The maximum absolute atomic E-state index is 5.86. The van der Waals surface area contributed by atoms with E-state index in [4.69, 9.17) is 10.2 Å². The molecule has 0 aliphatic carbocycles. The molecule has 2 N–H and O–H groups in total. The lowest BCUT2D eigenvalue weighted by Gasteiger charge is -2.02. The maximum atomic E-state index is 5.86. The van der Waals surface area contributed by atoms with Crippen molar-refractivity contribution in [2.75, 3.05) is 0 Å². The van der Waals surface area contributed by atoms with E-state index in [1.54, 1.807) is 0 Å². The third kappa shape index (κ3) is 2.01. The minimum absolute atomic E-state index is 0. The number of hydrogen-bond acceptors (Lipinski definition) is 2. The van der Waals surface area contributed by atoms with Gasteiger partial charge in [-0.15, -0.1) is 12.4 Å². The predicted molar refractivity (Wildman–Crippen MR) is 65.4 cm³/mol. The molecule has 1 atom stereocenters. The highest BCUT2D eigenvalue weighted by molar-refractivity contribution is 5.85. The smallest absolute Gasteiger partial charge is 0.134 e. The van der Waals surface area contributed by atoms with Crippen molar-refractivity contribution in [2.45, 2.75) is 26.3 Å². The van der Waals surface area contributed by atoms with Gasteiger partial charge in [-0.05, 0) is 19.4 Å². The van der Waals surface area contributed by atoms with Gasteiger partial charge in [-0.3, -0.25) is 0 Å². The minimum atomic E-state index is -0.0302. The Labute approximate surface area is 95.9 Å². The predicted octanol–water partition coefficient (Wildman–Crippen LogP) is 3.44. The third-order valence-corrected chi connectivity index (χ3v) is 2.50. The van der Waals surface area contributed by atoms with Gasteiger partial charge < -0.3 is 10.2 Å². The number of aryl methyl sites for hydroxylation is 1. The maximum Gasteiger partial charge on any atom is 0.134 e.